The summed E-state index contributed by atoms with van der Waals surface area (Å²) in [4.78, 5) is 11.6. The summed E-state index contributed by atoms with van der Waals surface area (Å²) >= 11 is 0. The molecule has 2 aromatic rings. The monoisotopic (exact) mass is 246 g/mol. The summed E-state index contributed by atoms with van der Waals surface area (Å²) in [6.07, 6.45) is 1.49. The lowest BCUT2D eigenvalue weighted by Gasteiger charge is -2.06. The maximum atomic E-state index is 11.6. The van der Waals surface area contributed by atoms with E-state index in [2.05, 4.69) is 15.5 Å². The Morgan fingerprint density at radius 1 is 1.56 bits per heavy atom. The van der Waals surface area contributed by atoms with Crippen molar-refractivity contribution >= 4 is 5.97 Å². The van der Waals surface area contributed by atoms with Crippen LogP contribution < -0.4 is 4.74 Å². The number of benzene rings is 1. The molecule has 92 valence electrons. The summed E-state index contributed by atoms with van der Waals surface area (Å²) < 4.78 is 11.7. The van der Waals surface area contributed by atoms with Crippen LogP contribution in [0, 0.1) is 0 Å². The number of tetrazole rings is 1. The van der Waals surface area contributed by atoms with Crippen LogP contribution in [0.2, 0.25) is 0 Å². The predicted octanol–water partition coefficient (Wildman–Crippen LogP) is 0.311. The first kappa shape index (κ1) is 10.7. The third-order valence-electron chi connectivity index (χ3n) is 2.88. The molecule has 1 unspecified atom stereocenters. The fourth-order valence-electron chi connectivity index (χ4n) is 1.96. The summed E-state index contributed by atoms with van der Waals surface area (Å²) in [5.41, 5.74) is 1.61. The Kier molecular flexibility index (Phi) is 2.44. The Bertz CT molecular complexity index is 582. The summed E-state index contributed by atoms with van der Waals surface area (Å²) in [6.45, 7) is 0.307. The largest absolute Gasteiger partial charge is 0.492 e. The van der Waals surface area contributed by atoms with E-state index in [1.807, 2.05) is 12.1 Å². The molecule has 0 spiro atoms. The van der Waals surface area contributed by atoms with Gasteiger partial charge in [-0.15, -0.1) is 5.10 Å². The maximum Gasteiger partial charge on any atom is 0.316 e. The van der Waals surface area contributed by atoms with Gasteiger partial charge >= 0.3 is 5.97 Å². The Morgan fingerprint density at radius 3 is 3.17 bits per heavy atom. The van der Waals surface area contributed by atoms with Crippen molar-refractivity contribution in [2.24, 2.45) is 0 Å². The Hall–Kier alpha value is -2.44. The number of carbonyl (C=O) groups excluding carboxylic acids is 1. The van der Waals surface area contributed by atoms with E-state index in [0.29, 0.717) is 12.4 Å². The second-order valence-electron chi connectivity index (χ2n) is 3.86. The van der Waals surface area contributed by atoms with Crippen LogP contribution in [0.25, 0.3) is 5.69 Å². The minimum Gasteiger partial charge on any atom is -0.492 e. The van der Waals surface area contributed by atoms with Crippen molar-refractivity contribution in [3.05, 3.63) is 30.1 Å². The van der Waals surface area contributed by atoms with Crippen molar-refractivity contribution in [2.75, 3.05) is 13.7 Å². The molecule has 0 bridgehead atoms. The van der Waals surface area contributed by atoms with E-state index in [1.54, 1.807) is 6.07 Å². The highest BCUT2D eigenvalue weighted by Gasteiger charge is 2.31. The average Bonchev–Trinajstić information content (AvgIpc) is 3.06. The van der Waals surface area contributed by atoms with E-state index in [1.165, 1.54) is 18.1 Å². The number of carbonyl (C=O) groups is 1. The van der Waals surface area contributed by atoms with Crippen molar-refractivity contribution in [3.63, 3.8) is 0 Å². The number of hydrogen-bond donors (Lipinski definition) is 0. The van der Waals surface area contributed by atoms with Gasteiger partial charge in [0.1, 0.15) is 24.6 Å². The molecule has 7 heteroatoms. The first-order valence-electron chi connectivity index (χ1n) is 5.37. The highest BCUT2D eigenvalue weighted by molar-refractivity contribution is 5.80. The molecule has 0 N–H and O–H groups in total. The second kappa shape index (κ2) is 4.10. The molecule has 0 aliphatic carbocycles. The lowest BCUT2D eigenvalue weighted by Crippen LogP contribution is -2.15. The molecule has 7 nitrogen and oxygen atoms in total. The minimum atomic E-state index is -0.354. The van der Waals surface area contributed by atoms with Crippen molar-refractivity contribution in [1.29, 1.82) is 0 Å². The van der Waals surface area contributed by atoms with Crippen LogP contribution in [0.5, 0.6) is 5.75 Å². The van der Waals surface area contributed by atoms with E-state index >= 15 is 0 Å². The molecule has 0 saturated carbocycles. The van der Waals surface area contributed by atoms with E-state index in [-0.39, 0.29) is 11.9 Å². The number of methoxy groups -OCH3 is 1. The highest BCUT2D eigenvalue weighted by atomic mass is 16.5. The summed E-state index contributed by atoms with van der Waals surface area (Å²) in [5, 5.41) is 10.9. The Balaban J connectivity index is 1.97. The SMILES string of the molecule is COC(=O)C1COc2cc(-n3cnnn3)ccc21. The maximum absolute atomic E-state index is 11.6. The molecular formula is C11H10N4O3. The molecule has 1 aliphatic heterocycles. The summed E-state index contributed by atoms with van der Waals surface area (Å²) in [5.74, 6) is 0.0234. The van der Waals surface area contributed by atoms with Crippen LogP contribution in [0.1, 0.15) is 11.5 Å². The molecule has 3 rings (SSSR count). The van der Waals surface area contributed by atoms with Crippen LogP contribution in [0.4, 0.5) is 0 Å². The van der Waals surface area contributed by atoms with Gasteiger partial charge < -0.3 is 9.47 Å². The van der Waals surface area contributed by atoms with Crippen molar-refractivity contribution < 1.29 is 14.3 Å². The first-order valence-corrected chi connectivity index (χ1v) is 5.37. The molecular weight excluding hydrogens is 236 g/mol. The molecule has 0 radical (unpaired) electrons. The van der Waals surface area contributed by atoms with Gasteiger partial charge in [0.05, 0.1) is 12.8 Å². The van der Waals surface area contributed by atoms with Crippen molar-refractivity contribution in [1.82, 2.24) is 20.2 Å². The number of rotatable bonds is 2. The topological polar surface area (TPSA) is 79.1 Å². The van der Waals surface area contributed by atoms with Gasteiger partial charge in [-0.3, -0.25) is 4.79 Å². The fourth-order valence-corrected chi connectivity index (χ4v) is 1.96. The van der Waals surface area contributed by atoms with Gasteiger partial charge in [0.15, 0.2) is 0 Å². The summed E-state index contributed by atoms with van der Waals surface area (Å²) in [6, 6.07) is 5.47. The highest BCUT2D eigenvalue weighted by Crippen LogP contribution is 2.35. The zero-order valence-corrected chi connectivity index (χ0v) is 9.61. The van der Waals surface area contributed by atoms with Crippen LogP contribution in [-0.4, -0.2) is 39.9 Å². The van der Waals surface area contributed by atoms with Gasteiger partial charge in [0, 0.05) is 11.6 Å². The van der Waals surface area contributed by atoms with Gasteiger partial charge in [-0.25, -0.2) is 4.68 Å². The molecule has 1 atom stereocenters. The lowest BCUT2D eigenvalue weighted by molar-refractivity contribution is -0.142. The molecule has 1 aromatic heterocycles. The van der Waals surface area contributed by atoms with Gasteiger partial charge in [0.25, 0.3) is 0 Å². The molecule has 2 heterocycles. The third-order valence-corrected chi connectivity index (χ3v) is 2.88. The number of esters is 1. The molecule has 0 fully saturated rings. The molecule has 0 amide bonds. The van der Waals surface area contributed by atoms with E-state index in [9.17, 15) is 4.79 Å². The van der Waals surface area contributed by atoms with E-state index in [4.69, 9.17) is 9.47 Å². The number of nitrogens with zero attached hydrogens (tertiary/aromatic N) is 4. The summed E-state index contributed by atoms with van der Waals surface area (Å²) in [7, 11) is 1.37. The van der Waals surface area contributed by atoms with E-state index in [0.717, 1.165) is 11.3 Å². The molecule has 1 aromatic carbocycles. The van der Waals surface area contributed by atoms with Gasteiger partial charge in [-0.2, -0.15) is 0 Å². The zero-order chi connectivity index (χ0) is 12.5. The van der Waals surface area contributed by atoms with Crippen LogP contribution >= 0.6 is 0 Å². The van der Waals surface area contributed by atoms with Crippen LogP contribution in [0.15, 0.2) is 24.5 Å². The van der Waals surface area contributed by atoms with Gasteiger partial charge in [-0.1, -0.05) is 6.07 Å². The normalized spacial score (nSPS) is 17.1. The Morgan fingerprint density at radius 2 is 2.44 bits per heavy atom. The van der Waals surface area contributed by atoms with Crippen molar-refractivity contribution in [2.45, 2.75) is 5.92 Å². The van der Waals surface area contributed by atoms with Gasteiger partial charge in [-0.05, 0) is 16.5 Å². The zero-order valence-electron chi connectivity index (χ0n) is 9.61. The smallest absolute Gasteiger partial charge is 0.316 e. The predicted molar refractivity (Wildman–Crippen MR) is 59.4 cm³/mol. The standard InChI is InChI=1S/C11H10N4O3/c1-17-11(16)9-5-18-10-4-7(2-3-8(9)10)15-6-12-13-14-15/h2-4,6,9H,5H2,1H3. The second-order valence-corrected chi connectivity index (χ2v) is 3.86. The molecule has 0 saturated heterocycles. The van der Waals surface area contributed by atoms with E-state index < -0.39 is 0 Å². The van der Waals surface area contributed by atoms with Crippen LogP contribution in [-0.2, 0) is 9.53 Å². The Labute approximate surface area is 102 Å². The fraction of sp³-hybridized carbons (Fsp3) is 0.273. The third kappa shape index (κ3) is 1.60. The average molecular weight is 246 g/mol. The minimum absolute atomic E-state index is 0.288. The number of aromatic nitrogens is 4. The van der Waals surface area contributed by atoms with Gasteiger partial charge in [0.2, 0.25) is 0 Å². The quantitative estimate of drug-likeness (QED) is 0.709. The van der Waals surface area contributed by atoms with Crippen LogP contribution in [0.3, 0.4) is 0 Å². The number of fused-ring (bicyclic) bond motifs is 1. The molecule has 18 heavy (non-hydrogen) atoms. The number of ether oxygens (including phenoxy) is 2. The van der Waals surface area contributed by atoms with Crippen molar-refractivity contribution in [3.8, 4) is 11.4 Å². The molecule has 1 aliphatic rings. The lowest BCUT2D eigenvalue weighted by atomic mass is 10.0. The number of hydrogen-bond acceptors (Lipinski definition) is 6. The first-order chi connectivity index (χ1) is 8.79.